The number of amides is 1. The molecule has 1 N–H and O–H groups in total. The smallest absolute Gasteiger partial charge is 0.395 e. The van der Waals surface area contributed by atoms with Crippen molar-refractivity contribution in [1.82, 2.24) is 0 Å². The summed E-state index contributed by atoms with van der Waals surface area (Å²) >= 11 is 5.55. The molecule has 1 heterocycles. The second kappa shape index (κ2) is 4.03. The predicted octanol–water partition coefficient (Wildman–Crippen LogP) is 2.57. The van der Waals surface area contributed by atoms with Crippen LogP contribution in [0.15, 0.2) is 18.2 Å². The van der Waals surface area contributed by atoms with Gasteiger partial charge in [-0.25, -0.2) is 0 Å². The minimum absolute atomic E-state index is 0.0769. The maximum absolute atomic E-state index is 12.7. The third-order valence-corrected chi connectivity index (χ3v) is 2.23. The lowest BCUT2D eigenvalue weighted by Gasteiger charge is -2.06. The minimum atomic E-state index is -3.66. The number of rotatable bonds is 2. The average molecular weight is 264 g/mol. The third kappa shape index (κ3) is 2.58. The maximum Gasteiger partial charge on any atom is 0.586 e. The molecule has 0 fully saturated rings. The summed E-state index contributed by atoms with van der Waals surface area (Å²) in [4.78, 5) is 11.3. The van der Waals surface area contributed by atoms with Crippen molar-refractivity contribution in [1.29, 1.82) is 0 Å². The Morgan fingerprint density at radius 1 is 1.41 bits per heavy atom. The number of anilines is 1. The molecule has 1 aromatic carbocycles. The van der Waals surface area contributed by atoms with Crippen LogP contribution in [0.1, 0.15) is 6.92 Å². The fourth-order valence-corrected chi connectivity index (χ4v) is 1.32. The number of fused-ring (bicyclic) bond motifs is 1. The van der Waals surface area contributed by atoms with E-state index in [0.717, 1.165) is 0 Å². The summed E-state index contributed by atoms with van der Waals surface area (Å²) in [5, 5.41) is 1.73. The quantitative estimate of drug-likeness (QED) is 0.834. The van der Waals surface area contributed by atoms with Crippen LogP contribution in [0.3, 0.4) is 0 Å². The SMILES string of the molecule is C[C@H](Cl)C(=O)Nc1ccc2c(c1)OC(F)(F)O2. The number of carbonyl (C=O) groups is 1. The highest BCUT2D eigenvalue weighted by Gasteiger charge is 2.43. The highest BCUT2D eigenvalue weighted by atomic mass is 35.5. The molecule has 4 nitrogen and oxygen atoms in total. The first-order chi connectivity index (χ1) is 7.87. The molecule has 1 aliphatic heterocycles. The molecule has 1 atom stereocenters. The number of halogens is 3. The van der Waals surface area contributed by atoms with E-state index in [0.29, 0.717) is 5.69 Å². The summed E-state index contributed by atoms with van der Waals surface area (Å²) in [6.07, 6.45) is -3.66. The molecule has 0 unspecified atom stereocenters. The minimum Gasteiger partial charge on any atom is -0.395 e. The van der Waals surface area contributed by atoms with Gasteiger partial charge in [0, 0.05) is 11.8 Å². The van der Waals surface area contributed by atoms with Gasteiger partial charge in [0.25, 0.3) is 0 Å². The van der Waals surface area contributed by atoms with E-state index in [2.05, 4.69) is 14.8 Å². The topological polar surface area (TPSA) is 47.6 Å². The first kappa shape index (κ1) is 11.9. The van der Waals surface area contributed by atoms with E-state index in [9.17, 15) is 13.6 Å². The molecule has 0 spiro atoms. The molecule has 0 radical (unpaired) electrons. The zero-order chi connectivity index (χ0) is 12.6. The standard InChI is InChI=1S/C10H8ClF2NO3/c1-5(11)9(15)14-6-2-3-7-8(4-6)17-10(12,13)16-7/h2-5H,1H3,(H,14,15)/t5-/m0/s1. The Morgan fingerprint density at radius 3 is 2.71 bits per heavy atom. The number of carbonyl (C=O) groups excluding carboxylic acids is 1. The van der Waals surface area contributed by atoms with Gasteiger partial charge in [-0.05, 0) is 19.1 Å². The van der Waals surface area contributed by atoms with Crippen molar-refractivity contribution in [3.05, 3.63) is 18.2 Å². The van der Waals surface area contributed by atoms with Crippen LogP contribution in [0.2, 0.25) is 0 Å². The van der Waals surface area contributed by atoms with E-state index in [1.807, 2.05) is 0 Å². The van der Waals surface area contributed by atoms with E-state index in [4.69, 9.17) is 11.6 Å². The van der Waals surface area contributed by atoms with E-state index in [1.54, 1.807) is 0 Å². The van der Waals surface area contributed by atoms with Crippen molar-refractivity contribution in [3.8, 4) is 11.5 Å². The molecular weight excluding hydrogens is 256 g/mol. The number of ether oxygens (including phenoxy) is 2. The van der Waals surface area contributed by atoms with Gasteiger partial charge in [0.05, 0.1) is 0 Å². The Bertz CT molecular complexity index is 465. The average Bonchev–Trinajstić information content (AvgIpc) is 2.50. The number of alkyl halides is 3. The molecule has 1 amide bonds. The van der Waals surface area contributed by atoms with Gasteiger partial charge in [0.15, 0.2) is 11.5 Å². The van der Waals surface area contributed by atoms with Crippen LogP contribution in [0.25, 0.3) is 0 Å². The summed E-state index contributed by atoms with van der Waals surface area (Å²) in [7, 11) is 0. The molecule has 0 bridgehead atoms. The monoisotopic (exact) mass is 263 g/mol. The summed E-state index contributed by atoms with van der Waals surface area (Å²) in [6, 6.07) is 3.94. The molecule has 0 aliphatic carbocycles. The van der Waals surface area contributed by atoms with Gasteiger partial charge in [0.2, 0.25) is 5.91 Å². The maximum atomic E-state index is 12.7. The van der Waals surface area contributed by atoms with Crippen LogP contribution in [0, 0.1) is 0 Å². The predicted molar refractivity (Wildman–Crippen MR) is 56.6 cm³/mol. The summed E-state index contributed by atoms with van der Waals surface area (Å²) in [6.45, 7) is 1.50. The molecule has 0 saturated heterocycles. The Labute approximate surface area is 100 Å². The Kier molecular flexibility index (Phi) is 2.82. The highest BCUT2D eigenvalue weighted by molar-refractivity contribution is 6.32. The zero-order valence-corrected chi connectivity index (χ0v) is 9.42. The number of hydrogen-bond donors (Lipinski definition) is 1. The van der Waals surface area contributed by atoms with E-state index >= 15 is 0 Å². The Balaban J connectivity index is 2.17. The molecule has 7 heteroatoms. The summed E-state index contributed by atoms with van der Waals surface area (Å²) in [5.74, 6) is -0.640. The third-order valence-electron chi connectivity index (χ3n) is 2.03. The first-order valence-corrected chi connectivity index (χ1v) is 5.16. The van der Waals surface area contributed by atoms with E-state index in [1.165, 1.54) is 25.1 Å². The summed E-state index contributed by atoms with van der Waals surface area (Å²) < 4.78 is 33.9. The van der Waals surface area contributed by atoms with E-state index < -0.39 is 17.6 Å². The van der Waals surface area contributed by atoms with Crippen LogP contribution in [0.5, 0.6) is 11.5 Å². The van der Waals surface area contributed by atoms with Gasteiger partial charge in [-0.2, -0.15) is 0 Å². The lowest BCUT2D eigenvalue weighted by atomic mass is 10.2. The molecule has 1 aliphatic rings. The Hall–Kier alpha value is -1.56. The van der Waals surface area contributed by atoms with Crippen LogP contribution >= 0.6 is 11.6 Å². The molecule has 92 valence electrons. The van der Waals surface area contributed by atoms with Gasteiger partial charge in [-0.15, -0.1) is 20.4 Å². The number of benzene rings is 1. The fourth-order valence-electron chi connectivity index (χ4n) is 1.27. The van der Waals surface area contributed by atoms with Crippen LogP contribution in [-0.4, -0.2) is 17.6 Å². The van der Waals surface area contributed by atoms with Crippen molar-refractivity contribution >= 4 is 23.2 Å². The van der Waals surface area contributed by atoms with Gasteiger partial charge in [0.1, 0.15) is 5.38 Å². The summed E-state index contributed by atoms with van der Waals surface area (Å²) in [5.41, 5.74) is 0.308. The van der Waals surface area contributed by atoms with Gasteiger partial charge >= 0.3 is 6.29 Å². The van der Waals surface area contributed by atoms with Gasteiger partial charge in [-0.3, -0.25) is 4.79 Å². The lowest BCUT2D eigenvalue weighted by molar-refractivity contribution is -0.286. The van der Waals surface area contributed by atoms with Crippen LogP contribution in [-0.2, 0) is 4.79 Å². The normalized spacial score (nSPS) is 17.6. The van der Waals surface area contributed by atoms with Crippen LogP contribution < -0.4 is 14.8 Å². The Morgan fingerprint density at radius 2 is 2.06 bits per heavy atom. The largest absolute Gasteiger partial charge is 0.586 e. The molecule has 2 rings (SSSR count). The first-order valence-electron chi connectivity index (χ1n) is 4.72. The highest BCUT2D eigenvalue weighted by Crippen LogP contribution is 2.42. The molecule has 0 aromatic heterocycles. The molecule has 17 heavy (non-hydrogen) atoms. The lowest BCUT2D eigenvalue weighted by Crippen LogP contribution is -2.25. The van der Waals surface area contributed by atoms with Gasteiger partial charge < -0.3 is 14.8 Å². The number of nitrogens with one attached hydrogen (secondary N) is 1. The van der Waals surface area contributed by atoms with Crippen molar-refractivity contribution in [2.45, 2.75) is 18.6 Å². The van der Waals surface area contributed by atoms with Crippen molar-refractivity contribution in [2.75, 3.05) is 5.32 Å². The second-order valence-electron chi connectivity index (χ2n) is 3.43. The van der Waals surface area contributed by atoms with Crippen molar-refractivity contribution in [3.63, 3.8) is 0 Å². The molecular formula is C10H8ClF2NO3. The van der Waals surface area contributed by atoms with Gasteiger partial charge in [-0.1, -0.05) is 0 Å². The van der Waals surface area contributed by atoms with Crippen molar-refractivity contribution < 1.29 is 23.0 Å². The van der Waals surface area contributed by atoms with Crippen LogP contribution in [0.4, 0.5) is 14.5 Å². The second-order valence-corrected chi connectivity index (χ2v) is 4.09. The molecule has 0 saturated carbocycles. The molecule has 1 aromatic rings. The zero-order valence-electron chi connectivity index (χ0n) is 8.67. The van der Waals surface area contributed by atoms with E-state index in [-0.39, 0.29) is 11.5 Å². The fraction of sp³-hybridized carbons (Fsp3) is 0.300. The van der Waals surface area contributed by atoms with Crippen molar-refractivity contribution in [2.24, 2.45) is 0 Å². The number of hydrogen-bond acceptors (Lipinski definition) is 3.